The molecule has 0 spiro atoms. The molecule has 1 saturated heterocycles. The van der Waals surface area contributed by atoms with E-state index in [0.29, 0.717) is 6.54 Å². The van der Waals surface area contributed by atoms with Crippen LogP contribution in [-0.4, -0.2) is 49.3 Å². The van der Waals surface area contributed by atoms with Gasteiger partial charge in [0.25, 0.3) is 0 Å². The normalized spacial score (nSPS) is 23.8. The van der Waals surface area contributed by atoms with E-state index in [9.17, 15) is 4.79 Å². The van der Waals surface area contributed by atoms with E-state index in [4.69, 9.17) is 9.47 Å². The van der Waals surface area contributed by atoms with Crippen molar-refractivity contribution in [3.63, 3.8) is 0 Å². The van der Waals surface area contributed by atoms with Crippen molar-refractivity contribution < 1.29 is 14.3 Å². The zero-order valence-electron chi connectivity index (χ0n) is 13.8. The first kappa shape index (κ1) is 16.8. The van der Waals surface area contributed by atoms with Crippen molar-refractivity contribution in [1.82, 2.24) is 10.2 Å². The van der Waals surface area contributed by atoms with Crippen LogP contribution >= 0.6 is 0 Å². The minimum atomic E-state index is -0.153. The number of nitrogens with zero attached hydrogens (tertiary/aromatic N) is 1. The number of morpholine rings is 1. The van der Waals surface area contributed by atoms with Gasteiger partial charge in [0, 0.05) is 19.6 Å². The Morgan fingerprint density at radius 1 is 1.41 bits per heavy atom. The highest BCUT2D eigenvalue weighted by molar-refractivity contribution is 5.81. The van der Waals surface area contributed by atoms with E-state index >= 15 is 0 Å². The molecule has 1 aliphatic heterocycles. The van der Waals surface area contributed by atoms with Crippen molar-refractivity contribution >= 4 is 5.91 Å². The molecule has 0 radical (unpaired) electrons. The van der Waals surface area contributed by atoms with E-state index in [1.54, 1.807) is 7.11 Å². The maximum absolute atomic E-state index is 12.4. The molecule has 0 aromatic heterocycles. The van der Waals surface area contributed by atoms with E-state index < -0.39 is 0 Å². The Morgan fingerprint density at radius 2 is 2.09 bits per heavy atom. The zero-order valence-corrected chi connectivity index (χ0v) is 13.8. The molecule has 5 nitrogen and oxygen atoms in total. The maximum atomic E-state index is 12.4. The Labute approximate surface area is 132 Å². The van der Waals surface area contributed by atoms with Crippen LogP contribution in [0.3, 0.4) is 0 Å². The van der Waals surface area contributed by atoms with Crippen molar-refractivity contribution in [2.75, 3.05) is 20.2 Å². The minimum Gasteiger partial charge on any atom is -0.497 e. The number of amides is 1. The lowest BCUT2D eigenvalue weighted by atomic mass is 10.1. The fourth-order valence-electron chi connectivity index (χ4n) is 2.82. The van der Waals surface area contributed by atoms with Crippen LogP contribution in [0.5, 0.6) is 5.75 Å². The van der Waals surface area contributed by atoms with Crippen LogP contribution in [0.1, 0.15) is 26.3 Å². The highest BCUT2D eigenvalue weighted by Gasteiger charge is 2.29. The van der Waals surface area contributed by atoms with Crippen LogP contribution in [0.15, 0.2) is 24.3 Å². The van der Waals surface area contributed by atoms with Crippen LogP contribution in [0.25, 0.3) is 0 Å². The minimum absolute atomic E-state index is 0.0455. The Bertz CT molecular complexity index is 496. The van der Waals surface area contributed by atoms with Gasteiger partial charge in [0.1, 0.15) is 5.75 Å². The summed E-state index contributed by atoms with van der Waals surface area (Å²) in [7, 11) is 1.64. The molecule has 1 heterocycles. The predicted octanol–water partition coefficient (Wildman–Crippen LogP) is 1.81. The summed E-state index contributed by atoms with van der Waals surface area (Å²) in [6.45, 7) is 8.13. The summed E-state index contributed by atoms with van der Waals surface area (Å²) < 4.78 is 10.9. The molecule has 1 N–H and O–H groups in total. The Kier molecular flexibility index (Phi) is 5.80. The molecule has 0 saturated carbocycles. The fourth-order valence-corrected chi connectivity index (χ4v) is 2.82. The van der Waals surface area contributed by atoms with Crippen LogP contribution < -0.4 is 10.1 Å². The summed E-state index contributed by atoms with van der Waals surface area (Å²) in [5, 5.41) is 3.00. The van der Waals surface area contributed by atoms with E-state index in [-0.39, 0.29) is 24.2 Å². The lowest BCUT2D eigenvalue weighted by molar-refractivity contribution is -0.131. The van der Waals surface area contributed by atoms with Crippen LogP contribution in [0.2, 0.25) is 0 Å². The van der Waals surface area contributed by atoms with Crippen molar-refractivity contribution in [2.45, 2.75) is 45.6 Å². The third-order valence-electron chi connectivity index (χ3n) is 3.98. The number of carbonyl (C=O) groups excluding carboxylic acids is 1. The van der Waals surface area contributed by atoms with Crippen molar-refractivity contribution in [1.29, 1.82) is 0 Å². The molecule has 1 aromatic rings. The maximum Gasteiger partial charge on any atom is 0.237 e. The van der Waals surface area contributed by atoms with Gasteiger partial charge in [-0.25, -0.2) is 0 Å². The molecule has 1 aromatic carbocycles. The molecular formula is C17H26N2O3. The molecule has 0 aliphatic carbocycles. The smallest absolute Gasteiger partial charge is 0.237 e. The van der Waals surface area contributed by atoms with Gasteiger partial charge < -0.3 is 14.8 Å². The third kappa shape index (κ3) is 4.45. The van der Waals surface area contributed by atoms with Gasteiger partial charge in [-0.05, 0) is 38.5 Å². The molecule has 122 valence electrons. The lowest BCUT2D eigenvalue weighted by Gasteiger charge is -2.38. The molecule has 1 amide bonds. The van der Waals surface area contributed by atoms with Crippen molar-refractivity contribution in [3.8, 4) is 5.75 Å². The summed E-state index contributed by atoms with van der Waals surface area (Å²) in [4.78, 5) is 14.5. The lowest BCUT2D eigenvalue weighted by Crippen LogP contribution is -2.53. The van der Waals surface area contributed by atoms with Gasteiger partial charge in [-0.15, -0.1) is 0 Å². The zero-order chi connectivity index (χ0) is 16.1. The molecule has 0 bridgehead atoms. The van der Waals surface area contributed by atoms with Crippen molar-refractivity contribution in [3.05, 3.63) is 29.8 Å². The SMILES string of the molecule is COc1cccc(CNC(=O)C(C)N2CC(C)OC(C)C2)c1. The average Bonchev–Trinajstić information content (AvgIpc) is 2.51. The van der Waals surface area contributed by atoms with Crippen LogP contribution in [0, 0.1) is 0 Å². The Morgan fingerprint density at radius 3 is 2.73 bits per heavy atom. The number of hydrogen-bond acceptors (Lipinski definition) is 4. The number of methoxy groups -OCH3 is 1. The van der Waals surface area contributed by atoms with E-state index in [2.05, 4.69) is 10.2 Å². The van der Waals surface area contributed by atoms with E-state index in [1.165, 1.54) is 0 Å². The standard InChI is InChI=1S/C17H26N2O3/c1-12-10-19(11-13(2)22-12)14(3)17(20)18-9-15-6-5-7-16(8-15)21-4/h5-8,12-14H,9-11H2,1-4H3,(H,18,20). The Balaban J connectivity index is 1.88. The largest absolute Gasteiger partial charge is 0.497 e. The first-order chi connectivity index (χ1) is 10.5. The van der Waals surface area contributed by atoms with Gasteiger partial charge in [0.15, 0.2) is 0 Å². The first-order valence-electron chi connectivity index (χ1n) is 7.79. The number of nitrogens with one attached hydrogen (secondary N) is 1. The summed E-state index contributed by atoms with van der Waals surface area (Å²) in [6.07, 6.45) is 0.328. The fraction of sp³-hybridized carbons (Fsp3) is 0.588. The number of carbonyl (C=O) groups is 1. The molecule has 1 aliphatic rings. The summed E-state index contributed by atoms with van der Waals surface area (Å²) in [6, 6.07) is 7.58. The second-order valence-corrected chi connectivity index (χ2v) is 5.96. The number of benzene rings is 1. The van der Waals surface area contributed by atoms with Gasteiger partial charge in [0.05, 0.1) is 25.4 Å². The topological polar surface area (TPSA) is 50.8 Å². The molecule has 3 unspecified atom stereocenters. The van der Waals surface area contributed by atoms with Gasteiger partial charge in [-0.1, -0.05) is 12.1 Å². The molecular weight excluding hydrogens is 280 g/mol. The van der Waals surface area contributed by atoms with Gasteiger partial charge in [-0.3, -0.25) is 9.69 Å². The number of ether oxygens (including phenoxy) is 2. The second kappa shape index (κ2) is 7.61. The molecule has 22 heavy (non-hydrogen) atoms. The molecule has 1 fully saturated rings. The van der Waals surface area contributed by atoms with Crippen LogP contribution in [-0.2, 0) is 16.1 Å². The molecule has 3 atom stereocenters. The molecule has 5 heteroatoms. The highest BCUT2D eigenvalue weighted by atomic mass is 16.5. The van der Waals surface area contributed by atoms with Crippen molar-refractivity contribution in [2.24, 2.45) is 0 Å². The van der Waals surface area contributed by atoms with Crippen LogP contribution in [0.4, 0.5) is 0 Å². The third-order valence-corrected chi connectivity index (χ3v) is 3.98. The summed E-state index contributed by atoms with van der Waals surface area (Å²) >= 11 is 0. The first-order valence-corrected chi connectivity index (χ1v) is 7.79. The number of rotatable bonds is 5. The predicted molar refractivity (Wildman–Crippen MR) is 85.9 cm³/mol. The summed E-state index contributed by atoms with van der Waals surface area (Å²) in [5.41, 5.74) is 1.03. The monoisotopic (exact) mass is 306 g/mol. The summed E-state index contributed by atoms with van der Waals surface area (Å²) in [5.74, 6) is 0.847. The highest BCUT2D eigenvalue weighted by Crippen LogP contribution is 2.15. The number of hydrogen-bond donors (Lipinski definition) is 1. The van der Waals surface area contributed by atoms with E-state index in [1.807, 2.05) is 45.0 Å². The van der Waals surface area contributed by atoms with Gasteiger partial charge >= 0.3 is 0 Å². The molecule has 2 rings (SSSR count). The van der Waals surface area contributed by atoms with Gasteiger partial charge in [0.2, 0.25) is 5.91 Å². The Hall–Kier alpha value is -1.59. The van der Waals surface area contributed by atoms with E-state index in [0.717, 1.165) is 24.4 Å². The van der Waals surface area contributed by atoms with Gasteiger partial charge in [-0.2, -0.15) is 0 Å². The second-order valence-electron chi connectivity index (χ2n) is 5.96. The quantitative estimate of drug-likeness (QED) is 0.901. The average molecular weight is 306 g/mol.